The molecule has 0 saturated carbocycles. The maximum atomic E-state index is 2.63. The first kappa shape index (κ1) is 20.3. The van der Waals surface area contributed by atoms with E-state index in [-0.39, 0.29) is 22.1 Å². The molecular weight excluding hydrogens is 443 g/mol. The molecule has 25 heavy (non-hydrogen) atoms. The van der Waals surface area contributed by atoms with Crippen LogP contribution in [0.5, 0.6) is 0 Å². The topological polar surface area (TPSA) is 0 Å². The molecule has 0 aromatic carbocycles. The molecule has 0 aromatic rings. The van der Waals surface area contributed by atoms with E-state index in [1.165, 1.54) is 0 Å². The monoisotopic (exact) mass is 480 g/mol. The zero-order chi connectivity index (χ0) is 19.2. The Hall–Kier alpha value is 1.98. The molecule has 6 bridgehead atoms. The summed E-state index contributed by atoms with van der Waals surface area (Å²) >= 11 is 0.901. The number of hydrogen-bond donors (Lipinski definition) is 0. The molecule has 0 aliphatic carbocycles. The summed E-state index contributed by atoms with van der Waals surface area (Å²) in [4.78, 5) is 1.47. The van der Waals surface area contributed by atoms with E-state index < -0.39 is 0 Å². The summed E-state index contributed by atoms with van der Waals surface area (Å²) in [5, 5.41) is 2.03. The molecule has 0 amide bonds. The van der Waals surface area contributed by atoms with E-state index in [1.54, 1.807) is 0 Å². The van der Waals surface area contributed by atoms with E-state index in [9.17, 15) is 0 Å². The molecule has 0 N–H and O–H groups in total. The Morgan fingerprint density at radius 2 is 1.20 bits per heavy atom. The van der Waals surface area contributed by atoms with E-state index in [0.29, 0.717) is 21.7 Å². The summed E-state index contributed by atoms with van der Waals surface area (Å²) in [6, 6.07) is 0. The molecule has 0 radical (unpaired) electrons. The van der Waals surface area contributed by atoms with Crippen LogP contribution >= 0.6 is 30.0 Å². The normalized spacial score (nSPS) is 48.8. The van der Waals surface area contributed by atoms with Gasteiger partial charge in [-0.15, -0.1) is 0 Å². The van der Waals surface area contributed by atoms with E-state index in [0.717, 1.165) is 28.1 Å². The van der Waals surface area contributed by atoms with Gasteiger partial charge in [0.05, 0.1) is 0 Å². The van der Waals surface area contributed by atoms with Crippen molar-refractivity contribution < 1.29 is 0 Å². The Balaban J connectivity index is 2.05. The Morgan fingerprint density at radius 3 is 1.56 bits per heavy atom. The standard InChI is InChI=1S/C20H36P4Se/c1-14(2,3)13-21-23-19(16(7,8)9)18(15(4,5)6)22(13)20(23,17(10,11)12)25-24(18)19/h1-12H3/t18-,19+,20+,22?,23?,24?/m0/s1. The van der Waals surface area contributed by atoms with Crippen molar-refractivity contribution in [1.29, 1.82) is 0 Å². The van der Waals surface area contributed by atoms with Crippen LogP contribution in [0.15, 0.2) is 0 Å². The number of rotatable bonds is 0. The summed E-state index contributed by atoms with van der Waals surface area (Å²) in [5.74, 6) is 0. The van der Waals surface area contributed by atoms with Crippen LogP contribution < -0.4 is 0 Å². The molecule has 0 nitrogen and oxygen atoms in total. The Kier molecular flexibility index (Phi) is 3.91. The summed E-state index contributed by atoms with van der Waals surface area (Å²) in [7, 11) is 2.01. The van der Waals surface area contributed by atoms with Gasteiger partial charge in [0.25, 0.3) is 0 Å². The third kappa shape index (κ3) is 1.80. The summed E-state index contributed by atoms with van der Waals surface area (Å²) in [6.45, 7) is 31.5. The Morgan fingerprint density at radius 1 is 0.720 bits per heavy atom. The fourth-order valence-electron chi connectivity index (χ4n) is 5.83. The fourth-order valence-corrected chi connectivity index (χ4v) is 63.7. The van der Waals surface area contributed by atoms with Crippen molar-refractivity contribution in [3.8, 4) is 0 Å². The van der Waals surface area contributed by atoms with Crippen LogP contribution in [0.2, 0.25) is 0 Å². The van der Waals surface area contributed by atoms with Gasteiger partial charge >= 0.3 is 168 Å². The second-order valence-corrected chi connectivity index (χ2v) is 28.9. The Bertz CT molecular complexity index is 686. The molecule has 5 heterocycles. The maximum absolute atomic E-state index is 2.63. The average Bonchev–Trinajstić information content (AvgIpc) is 2.67. The molecular formula is C20H36P4Se. The van der Waals surface area contributed by atoms with Crippen LogP contribution in [0.3, 0.4) is 0 Å². The van der Waals surface area contributed by atoms with Crippen LogP contribution in [-0.4, -0.2) is 33.1 Å². The molecule has 5 aliphatic heterocycles. The zero-order valence-electron chi connectivity index (χ0n) is 18.2. The van der Waals surface area contributed by atoms with Gasteiger partial charge in [0.15, 0.2) is 0 Å². The number of hydrogen-bond acceptors (Lipinski definition) is 0. The molecule has 5 rings (SSSR count). The molecule has 0 aromatic heterocycles. The predicted molar refractivity (Wildman–Crippen MR) is 124 cm³/mol. The first-order chi connectivity index (χ1) is 10.9. The van der Waals surface area contributed by atoms with Gasteiger partial charge in [-0.05, 0) is 0 Å². The van der Waals surface area contributed by atoms with E-state index in [1.807, 2.05) is 12.9 Å². The van der Waals surface area contributed by atoms with E-state index >= 15 is 0 Å². The second-order valence-electron chi connectivity index (χ2n) is 12.4. The molecule has 5 aliphatic rings. The van der Waals surface area contributed by atoms with Crippen LogP contribution in [0, 0.1) is 21.7 Å². The van der Waals surface area contributed by atoms with Crippen molar-refractivity contribution in [2.24, 2.45) is 21.7 Å². The van der Waals surface area contributed by atoms with Crippen LogP contribution in [0.1, 0.15) is 83.1 Å². The van der Waals surface area contributed by atoms with E-state index in [2.05, 4.69) is 83.1 Å². The van der Waals surface area contributed by atoms with Crippen LogP contribution in [0.4, 0.5) is 0 Å². The Labute approximate surface area is 167 Å². The van der Waals surface area contributed by atoms with Gasteiger partial charge in [0.1, 0.15) is 0 Å². The van der Waals surface area contributed by atoms with Crippen molar-refractivity contribution in [3.63, 3.8) is 0 Å². The first-order valence-electron chi connectivity index (χ1n) is 9.63. The third-order valence-electron chi connectivity index (χ3n) is 6.61. The quantitative estimate of drug-likeness (QED) is 0.242. The summed E-state index contributed by atoms with van der Waals surface area (Å²) in [5.41, 5.74) is 1.89. The zero-order valence-corrected chi connectivity index (χ0v) is 23.5. The molecule has 6 atom stereocenters. The van der Waals surface area contributed by atoms with Gasteiger partial charge in [-0.1, -0.05) is 0 Å². The van der Waals surface area contributed by atoms with Gasteiger partial charge in [-0.25, -0.2) is 0 Å². The summed E-state index contributed by atoms with van der Waals surface area (Å²) < 4.78 is 0.751. The van der Waals surface area contributed by atoms with Gasteiger partial charge in [0, 0.05) is 0 Å². The fraction of sp³-hybridized carbons (Fsp3) is 0.950. The molecule has 4 saturated heterocycles. The average molecular weight is 479 g/mol. The minimum atomic E-state index is 0.0376. The predicted octanol–water partition coefficient (Wildman–Crippen LogP) is 8.33. The van der Waals surface area contributed by atoms with E-state index in [4.69, 9.17) is 0 Å². The minimum absolute atomic E-state index is 0.0376. The van der Waals surface area contributed by atoms with Crippen LogP contribution in [0.25, 0.3) is 0 Å². The second kappa shape index (κ2) is 4.82. The van der Waals surface area contributed by atoms with Gasteiger partial charge in [0.2, 0.25) is 0 Å². The SMILES string of the molecule is CC(C)(C)C1=PP2[C@]3(C(C)(C)C)[Se]P4[C@](C(C)(C)C)(P13)[C@]24C(C)(C)C. The first-order valence-corrected chi connectivity index (χ1v) is 18.3. The third-order valence-corrected chi connectivity index (χ3v) is 42.5. The summed E-state index contributed by atoms with van der Waals surface area (Å²) in [6.07, 6.45) is 0. The molecule has 142 valence electrons. The van der Waals surface area contributed by atoms with Crippen molar-refractivity contribution >= 4 is 49.6 Å². The van der Waals surface area contributed by atoms with Gasteiger partial charge in [-0.2, -0.15) is 0 Å². The van der Waals surface area contributed by atoms with Crippen molar-refractivity contribution in [2.45, 2.75) is 96.7 Å². The van der Waals surface area contributed by atoms with Gasteiger partial charge < -0.3 is 0 Å². The van der Waals surface area contributed by atoms with Crippen molar-refractivity contribution in [1.82, 2.24) is 0 Å². The molecule has 0 spiro atoms. The van der Waals surface area contributed by atoms with Crippen molar-refractivity contribution in [2.75, 3.05) is 0 Å². The van der Waals surface area contributed by atoms with Gasteiger partial charge in [-0.3, -0.25) is 0 Å². The molecule has 5 heteroatoms. The molecule has 4 fully saturated rings. The van der Waals surface area contributed by atoms with Crippen molar-refractivity contribution in [3.05, 3.63) is 0 Å². The van der Waals surface area contributed by atoms with Crippen LogP contribution in [-0.2, 0) is 0 Å². The molecule has 3 unspecified atom stereocenters.